The Morgan fingerprint density at radius 1 is 0.741 bits per heavy atom. The zero-order valence-corrected chi connectivity index (χ0v) is 49.1. The molecule has 19 N–H and O–H groups in total. The van der Waals surface area contributed by atoms with Crippen molar-refractivity contribution in [2.45, 2.75) is 208 Å². The maximum Gasteiger partial charge on any atom is 0.522 e. The van der Waals surface area contributed by atoms with Crippen LogP contribution in [0.3, 0.4) is 0 Å². The number of hydrogen-bond acceptors (Lipinski definition) is 20. The van der Waals surface area contributed by atoms with E-state index in [4.69, 9.17) is 24.4 Å². The van der Waals surface area contributed by atoms with Crippen molar-refractivity contribution in [2.24, 2.45) is 23.3 Å². The molecule has 0 spiro atoms. The lowest BCUT2D eigenvalue weighted by Gasteiger charge is -2.35. The number of amides is 7. The molecular formula is C53H89F3N10O18S. The SMILES string of the molecule is CCC(C)CC(C)CCCCCCCCC(=O)N[C@H]1C[C@@H](O)[C@H](NCCN)NC(=O)[C@@H]2[C@@H](O)CCN2C(=O)[C@H]([C@@H](O)CCN)NC(=O)[C@H]([C@H](O)[C@@H](O)c2ccc(O)cc2)NC(=O)[C@@H]2C[C@@H](O)CN2C(=O)[C@H]([C@@H](C)O)NC1=O.O=S(=O)(O)C(F)(F)F. The van der Waals surface area contributed by atoms with Gasteiger partial charge in [0.15, 0.2) is 0 Å². The summed E-state index contributed by atoms with van der Waals surface area (Å²) in [5.74, 6) is -6.43. The van der Waals surface area contributed by atoms with Crippen molar-refractivity contribution < 1.29 is 101 Å². The number of aliphatic hydroxyl groups is 7. The number of carbonyl (C=O) groups is 7. The molecule has 2 unspecified atom stereocenters. The number of halogens is 3. The van der Waals surface area contributed by atoms with Crippen molar-refractivity contribution in [2.75, 3.05) is 32.7 Å². The molecule has 85 heavy (non-hydrogen) atoms. The summed E-state index contributed by atoms with van der Waals surface area (Å²) in [6.07, 6.45) is -6.95. The predicted octanol–water partition coefficient (Wildman–Crippen LogP) is -2.92. The third-order valence-electron chi connectivity index (χ3n) is 15.2. The number of carbonyl (C=O) groups excluding carboxylic acids is 7. The quantitative estimate of drug-likeness (QED) is 0.0297. The summed E-state index contributed by atoms with van der Waals surface area (Å²) in [6.45, 7) is 6.73. The van der Waals surface area contributed by atoms with Crippen LogP contribution in [0.4, 0.5) is 13.2 Å². The molecule has 16 atom stereocenters. The number of fused-ring (bicyclic) bond motifs is 2. The van der Waals surface area contributed by atoms with Crippen molar-refractivity contribution in [3.8, 4) is 5.75 Å². The average Bonchev–Trinajstić information content (AvgIpc) is 2.38. The Balaban J connectivity index is 0.00000219. The van der Waals surface area contributed by atoms with Gasteiger partial charge in [0.05, 0.1) is 30.5 Å². The van der Waals surface area contributed by atoms with E-state index >= 15 is 0 Å². The summed E-state index contributed by atoms with van der Waals surface area (Å²) < 4.78 is 57.5. The fourth-order valence-electron chi connectivity index (χ4n) is 10.2. The fraction of sp³-hybridized carbons (Fsp3) is 0.755. The van der Waals surface area contributed by atoms with Crippen LogP contribution in [0.1, 0.15) is 129 Å². The number of unbranched alkanes of at least 4 members (excludes halogenated alkanes) is 5. The van der Waals surface area contributed by atoms with E-state index in [0.29, 0.717) is 24.7 Å². The molecule has 3 heterocycles. The second-order valence-corrected chi connectivity index (χ2v) is 23.6. The first-order chi connectivity index (χ1) is 39.8. The molecule has 3 aliphatic rings. The first-order valence-electron chi connectivity index (χ1n) is 28.6. The van der Waals surface area contributed by atoms with Gasteiger partial charge in [-0.3, -0.25) is 43.4 Å². The van der Waals surface area contributed by atoms with Gasteiger partial charge in [-0.25, -0.2) is 0 Å². The molecule has 4 rings (SSSR count). The first kappa shape index (κ1) is 73.9. The van der Waals surface area contributed by atoms with Gasteiger partial charge >= 0.3 is 15.6 Å². The summed E-state index contributed by atoms with van der Waals surface area (Å²) in [7, 11) is -5.84. The van der Waals surface area contributed by atoms with Gasteiger partial charge < -0.3 is 88.7 Å². The zero-order chi connectivity index (χ0) is 64.1. The second-order valence-electron chi connectivity index (χ2n) is 22.2. The number of alkyl halides is 3. The lowest BCUT2D eigenvalue weighted by atomic mass is 9.91. The smallest absolute Gasteiger partial charge is 0.508 e. The van der Waals surface area contributed by atoms with Crippen LogP contribution in [0.25, 0.3) is 0 Å². The van der Waals surface area contributed by atoms with E-state index in [9.17, 15) is 87.6 Å². The molecule has 0 bridgehead atoms. The summed E-state index contributed by atoms with van der Waals surface area (Å²) in [4.78, 5) is 102. The number of aliphatic hydroxyl groups excluding tert-OH is 7. The Hall–Kier alpha value is -5.39. The Morgan fingerprint density at radius 3 is 1.89 bits per heavy atom. The van der Waals surface area contributed by atoms with Crippen LogP contribution in [0.2, 0.25) is 0 Å². The van der Waals surface area contributed by atoms with Crippen molar-refractivity contribution in [3.63, 3.8) is 0 Å². The van der Waals surface area contributed by atoms with Gasteiger partial charge in [0, 0.05) is 45.4 Å². The van der Waals surface area contributed by atoms with Crippen LogP contribution in [0.15, 0.2) is 24.3 Å². The average molecular weight is 1240 g/mol. The Labute approximate surface area is 492 Å². The van der Waals surface area contributed by atoms with Gasteiger partial charge in [0.2, 0.25) is 41.4 Å². The molecule has 0 aromatic heterocycles. The third-order valence-corrected chi connectivity index (χ3v) is 15.8. The summed E-state index contributed by atoms with van der Waals surface area (Å²) in [5, 5.41) is 104. The Morgan fingerprint density at radius 2 is 1.32 bits per heavy atom. The maximum absolute atomic E-state index is 14.6. The second kappa shape index (κ2) is 34.8. The number of benzene rings is 1. The highest BCUT2D eigenvalue weighted by Crippen LogP contribution is 2.27. The summed E-state index contributed by atoms with van der Waals surface area (Å²) >= 11 is 0. The molecule has 28 nitrogen and oxygen atoms in total. The topological polar surface area (TPSA) is 466 Å². The minimum absolute atomic E-state index is 0.0257. The van der Waals surface area contributed by atoms with E-state index in [-0.39, 0.29) is 56.8 Å². The number of phenolic OH excluding ortho intramolecular Hbond substituents is 1. The van der Waals surface area contributed by atoms with Crippen LogP contribution in [0.5, 0.6) is 5.75 Å². The zero-order valence-electron chi connectivity index (χ0n) is 48.3. The van der Waals surface area contributed by atoms with Crippen molar-refractivity contribution in [3.05, 3.63) is 29.8 Å². The van der Waals surface area contributed by atoms with Gasteiger partial charge in [-0.2, -0.15) is 21.6 Å². The van der Waals surface area contributed by atoms with Crippen LogP contribution in [-0.4, -0.2) is 222 Å². The Kier molecular flexibility index (Phi) is 30.3. The molecule has 1 aromatic carbocycles. The normalized spacial score (nSPS) is 27.3. The van der Waals surface area contributed by atoms with Gasteiger partial charge in [0.1, 0.15) is 60.4 Å². The highest BCUT2D eigenvalue weighted by Gasteiger charge is 2.49. The minimum atomic E-state index is -5.84. The highest BCUT2D eigenvalue weighted by atomic mass is 32.2. The minimum Gasteiger partial charge on any atom is -0.508 e. The van der Waals surface area contributed by atoms with Gasteiger partial charge in [-0.05, 0) is 68.7 Å². The largest absolute Gasteiger partial charge is 0.522 e. The predicted molar refractivity (Wildman–Crippen MR) is 298 cm³/mol. The van der Waals surface area contributed by atoms with E-state index in [1.54, 1.807) is 0 Å². The molecule has 0 aliphatic carbocycles. The number of hydrogen-bond donors (Lipinski definition) is 17. The van der Waals surface area contributed by atoms with Gasteiger partial charge in [-0.15, -0.1) is 0 Å². The lowest BCUT2D eigenvalue weighted by molar-refractivity contribution is -0.148. The standard InChI is InChI=1S/C52H88N10O15.CHF3O3S/c1-5-28(2)24-29(3)12-10-8-6-7-9-11-13-39(69)56-34-26-38(68)46(55-22-21-54)60-50(75)43-37(67)19-23-61(43)52(77)41(36(66)18-20-53)58-49(74)42(45(71)44(70)31-14-16-32(64)17-15-31)59-48(73)35-25-33(65)27-62(35)51(76)40(30(4)63)57-47(34)72;2-1(3,4)8(5,6)7/h14-17,28-30,33-38,40-46,55,63-68,70-71H,5-13,18-27,53-54H2,1-4H3,(H,56,69)(H,57,72)(H,58,74)(H,59,73)(H,60,75);(H,5,6,7)/t28?,29?,30-,33-,34+,35+,36+,37+,38-,40+,41+,42+,43+,44+,45+,46-;/m1./s1. The Bertz CT molecular complexity index is 2440. The molecule has 0 saturated carbocycles. The van der Waals surface area contributed by atoms with Crippen LogP contribution >= 0.6 is 0 Å². The molecule has 7 amide bonds. The van der Waals surface area contributed by atoms with E-state index in [1.807, 2.05) is 0 Å². The van der Waals surface area contributed by atoms with Gasteiger partial charge in [-0.1, -0.05) is 77.8 Å². The molecule has 3 saturated heterocycles. The summed E-state index contributed by atoms with van der Waals surface area (Å²) in [6, 6.07) is -6.40. The molecular weight excluding hydrogens is 1150 g/mol. The number of phenols is 1. The fourth-order valence-corrected chi connectivity index (χ4v) is 10.2. The van der Waals surface area contributed by atoms with Crippen LogP contribution in [-0.2, 0) is 43.7 Å². The number of rotatable bonds is 23. The molecule has 486 valence electrons. The van der Waals surface area contributed by atoms with E-state index in [0.717, 1.165) is 55.2 Å². The van der Waals surface area contributed by atoms with E-state index < -0.39 is 162 Å². The number of nitrogens with one attached hydrogen (secondary N) is 6. The third kappa shape index (κ3) is 22.7. The number of aromatic hydroxyl groups is 1. The molecule has 1 aromatic rings. The summed E-state index contributed by atoms with van der Waals surface area (Å²) in [5.41, 5.74) is 5.95. The van der Waals surface area contributed by atoms with E-state index in [2.05, 4.69) is 52.7 Å². The number of nitrogens with two attached hydrogens (primary N) is 2. The highest BCUT2D eigenvalue weighted by molar-refractivity contribution is 7.86. The molecule has 32 heteroatoms. The molecule has 3 fully saturated rings. The van der Waals surface area contributed by atoms with Crippen molar-refractivity contribution >= 4 is 51.5 Å². The lowest BCUT2D eigenvalue weighted by Crippen LogP contribution is -2.65. The number of nitrogens with zero attached hydrogens (tertiary/aromatic N) is 2. The van der Waals surface area contributed by atoms with Gasteiger partial charge in [0.25, 0.3) is 0 Å². The maximum atomic E-state index is 14.6. The monoisotopic (exact) mass is 1240 g/mol. The van der Waals surface area contributed by atoms with Crippen molar-refractivity contribution in [1.82, 2.24) is 41.7 Å². The van der Waals surface area contributed by atoms with Crippen LogP contribution < -0.4 is 43.4 Å². The van der Waals surface area contributed by atoms with Crippen molar-refractivity contribution in [1.29, 1.82) is 0 Å². The van der Waals surface area contributed by atoms with Crippen LogP contribution in [0, 0.1) is 11.8 Å². The molecule has 3 aliphatic heterocycles. The van der Waals surface area contributed by atoms with E-state index in [1.165, 1.54) is 30.7 Å². The first-order valence-corrected chi connectivity index (χ1v) is 30.1. The molecule has 0 radical (unpaired) electrons.